The van der Waals surface area contributed by atoms with E-state index in [1.54, 1.807) is 4.90 Å². The van der Waals surface area contributed by atoms with Gasteiger partial charge in [0, 0.05) is 19.6 Å². The van der Waals surface area contributed by atoms with Crippen LogP contribution >= 0.6 is 0 Å². The van der Waals surface area contributed by atoms with Crippen molar-refractivity contribution < 1.29 is 9.59 Å². The average Bonchev–Trinajstić information content (AvgIpc) is 2.43. The minimum Gasteiger partial charge on any atom is -0.370 e. The molecule has 0 aromatic rings. The normalized spacial score (nSPS) is 19.4. The van der Waals surface area contributed by atoms with Gasteiger partial charge in [-0.15, -0.1) is 0 Å². The number of nitrogens with one attached hydrogen (secondary N) is 1. The maximum Gasteiger partial charge on any atom is 0.240 e. The quantitative estimate of drug-likeness (QED) is 0.506. The Bertz CT molecular complexity index is 236. The molecule has 1 saturated heterocycles. The third-order valence-corrected chi connectivity index (χ3v) is 2.39. The SMILES string of the molecule is NC(=O)CC(N)C(=O)N1CCCNCC1. The van der Waals surface area contributed by atoms with Crippen molar-refractivity contribution >= 4 is 11.8 Å². The van der Waals surface area contributed by atoms with Gasteiger partial charge in [0.25, 0.3) is 0 Å². The fraction of sp³-hybridized carbons (Fsp3) is 0.778. The second-order valence-corrected chi connectivity index (χ2v) is 3.71. The molecular weight excluding hydrogens is 196 g/mol. The summed E-state index contributed by atoms with van der Waals surface area (Å²) < 4.78 is 0. The van der Waals surface area contributed by atoms with Crippen molar-refractivity contribution in [2.45, 2.75) is 18.9 Å². The van der Waals surface area contributed by atoms with Crippen LogP contribution < -0.4 is 16.8 Å². The summed E-state index contributed by atoms with van der Waals surface area (Å²) in [7, 11) is 0. The Kier molecular flexibility index (Phi) is 4.51. The van der Waals surface area contributed by atoms with Crippen molar-refractivity contribution in [2.75, 3.05) is 26.2 Å². The third kappa shape index (κ3) is 3.85. The number of carbonyl (C=O) groups is 2. The van der Waals surface area contributed by atoms with E-state index in [-0.39, 0.29) is 12.3 Å². The van der Waals surface area contributed by atoms with Crippen molar-refractivity contribution in [1.82, 2.24) is 10.2 Å². The van der Waals surface area contributed by atoms with Gasteiger partial charge in [-0.3, -0.25) is 9.59 Å². The molecule has 6 nitrogen and oxygen atoms in total. The number of amides is 2. The van der Waals surface area contributed by atoms with Crippen LogP contribution in [-0.4, -0.2) is 48.9 Å². The fourth-order valence-corrected chi connectivity index (χ4v) is 1.60. The minimum absolute atomic E-state index is 0.0806. The van der Waals surface area contributed by atoms with Crippen molar-refractivity contribution in [1.29, 1.82) is 0 Å². The summed E-state index contributed by atoms with van der Waals surface area (Å²) in [6.07, 6.45) is 0.831. The largest absolute Gasteiger partial charge is 0.370 e. The molecule has 1 fully saturated rings. The van der Waals surface area contributed by atoms with E-state index in [9.17, 15) is 9.59 Å². The van der Waals surface area contributed by atoms with Gasteiger partial charge in [0.05, 0.1) is 12.5 Å². The Morgan fingerprint density at radius 3 is 2.73 bits per heavy atom. The number of hydrogen-bond donors (Lipinski definition) is 3. The van der Waals surface area contributed by atoms with E-state index in [0.29, 0.717) is 13.1 Å². The maximum absolute atomic E-state index is 11.8. The molecule has 1 atom stereocenters. The lowest BCUT2D eigenvalue weighted by Gasteiger charge is -2.23. The van der Waals surface area contributed by atoms with Crippen molar-refractivity contribution in [3.63, 3.8) is 0 Å². The lowest BCUT2D eigenvalue weighted by molar-refractivity contribution is -0.134. The number of carbonyl (C=O) groups excluding carboxylic acids is 2. The summed E-state index contributed by atoms with van der Waals surface area (Å²) in [5.41, 5.74) is 10.6. The molecular formula is C9H18N4O2. The molecule has 0 radical (unpaired) electrons. The molecule has 6 heteroatoms. The molecule has 86 valence electrons. The van der Waals surface area contributed by atoms with E-state index in [4.69, 9.17) is 11.5 Å². The summed E-state index contributed by atoms with van der Waals surface area (Å²) in [6, 6.07) is -0.791. The highest BCUT2D eigenvalue weighted by atomic mass is 16.2. The zero-order valence-corrected chi connectivity index (χ0v) is 8.74. The molecule has 1 unspecified atom stereocenters. The predicted octanol–water partition coefficient (Wildman–Crippen LogP) is -1.99. The average molecular weight is 214 g/mol. The van der Waals surface area contributed by atoms with Crippen LogP contribution in [0.2, 0.25) is 0 Å². The number of nitrogens with zero attached hydrogens (tertiary/aromatic N) is 1. The summed E-state index contributed by atoms with van der Waals surface area (Å²) in [6.45, 7) is 3.02. The molecule has 1 rings (SSSR count). The second kappa shape index (κ2) is 5.67. The molecule has 0 aromatic heterocycles. The molecule has 0 aliphatic carbocycles. The highest BCUT2D eigenvalue weighted by Gasteiger charge is 2.22. The van der Waals surface area contributed by atoms with E-state index >= 15 is 0 Å². The van der Waals surface area contributed by atoms with Crippen LogP contribution in [0.1, 0.15) is 12.8 Å². The van der Waals surface area contributed by atoms with Gasteiger partial charge in [0.15, 0.2) is 0 Å². The molecule has 1 heterocycles. The summed E-state index contributed by atoms with van der Waals surface area (Å²) in [4.78, 5) is 24.1. The predicted molar refractivity (Wildman–Crippen MR) is 55.9 cm³/mol. The zero-order chi connectivity index (χ0) is 11.3. The first-order valence-electron chi connectivity index (χ1n) is 5.14. The van der Waals surface area contributed by atoms with Crippen LogP contribution in [0.3, 0.4) is 0 Å². The first-order valence-corrected chi connectivity index (χ1v) is 5.14. The van der Waals surface area contributed by atoms with Crippen LogP contribution in [0, 0.1) is 0 Å². The van der Waals surface area contributed by atoms with Crippen LogP contribution in [0.15, 0.2) is 0 Å². The fourth-order valence-electron chi connectivity index (χ4n) is 1.60. The van der Waals surface area contributed by atoms with Crippen LogP contribution in [0.4, 0.5) is 0 Å². The molecule has 1 aliphatic rings. The molecule has 0 spiro atoms. The first kappa shape index (κ1) is 11.9. The number of primary amides is 1. The lowest BCUT2D eigenvalue weighted by atomic mass is 10.2. The first-order chi connectivity index (χ1) is 7.11. The van der Waals surface area contributed by atoms with E-state index in [1.807, 2.05) is 0 Å². The number of rotatable bonds is 3. The highest BCUT2D eigenvalue weighted by molar-refractivity contribution is 5.87. The Labute approximate surface area is 89.0 Å². The van der Waals surface area contributed by atoms with Gasteiger partial charge in [-0.25, -0.2) is 0 Å². The van der Waals surface area contributed by atoms with Crippen LogP contribution in [-0.2, 0) is 9.59 Å². The van der Waals surface area contributed by atoms with Gasteiger partial charge in [0.2, 0.25) is 11.8 Å². The smallest absolute Gasteiger partial charge is 0.240 e. The van der Waals surface area contributed by atoms with E-state index < -0.39 is 11.9 Å². The summed E-state index contributed by atoms with van der Waals surface area (Å²) in [5.74, 6) is -0.721. The minimum atomic E-state index is -0.791. The Morgan fingerprint density at radius 1 is 1.33 bits per heavy atom. The Balaban J connectivity index is 2.46. The van der Waals surface area contributed by atoms with E-state index in [1.165, 1.54) is 0 Å². The van der Waals surface area contributed by atoms with Crippen molar-refractivity contribution in [2.24, 2.45) is 11.5 Å². The van der Waals surface area contributed by atoms with Gasteiger partial charge in [-0.2, -0.15) is 0 Å². The van der Waals surface area contributed by atoms with Crippen LogP contribution in [0.25, 0.3) is 0 Å². The van der Waals surface area contributed by atoms with Crippen molar-refractivity contribution in [3.8, 4) is 0 Å². The molecule has 5 N–H and O–H groups in total. The lowest BCUT2D eigenvalue weighted by Crippen LogP contribution is -2.46. The molecule has 15 heavy (non-hydrogen) atoms. The van der Waals surface area contributed by atoms with Gasteiger partial charge in [0.1, 0.15) is 0 Å². The molecule has 0 bridgehead atoms. The van der Waals surface area contributed by atoms with E-state index in [0.717, 1.165) is 19.5 Å². The summed E-state index contributed by atoms with van der Waals surface area (Å²) in [5, 5.41) is 3.19. The van der Waals surface area contributed by atoms with Gasteiger partial charge in [-0.05, 0) is 13.0 Å². The topological polar surface area (TPSA) is 101 Å². The Morgan fingerprint density at radius 2 is 2.07 bits per heavy atom. The van der Waals surface area contributed by atoms with Gasteiger partial charge in [-0.1, -0.05) is 0 Å². The van der Waals surface area contributed by atoms with Crippen LogP contribution in [0.5, 0.6) is 0 Å². The number of nitrogens with two attached hydrogens (primary N) is 2. The highest BCUT2D eigenvalue weighted by Crippen LogP contribution is 2.00. The standard InChI is InChI=1S/C9H18N4O2/c10-7(6-8(11)14)9(15)13-4-1-2-12-3-5-13/h7,12H,1-6,10H2,(H2,11,14). The van der Waals surface area contributed by atoms with Gasteiger partial charge < -0.3 is 21.7 Å². The third-order valence-electron chi connectivity index (χ3n) is 2.39. The monoisotopic (exact) mass is 214 g/mol. The Hall–Kier alpha value is -1.14. The molecule has 0 saturated carbocycles. The molecule has 0 aromatic carbocycles. The summed E-state index contributed by atoms with van der Waals surface area (Å²) >= 11 is 0. The molecule has 1 aliphatic heterocycles. The van der Waals surface area contributed by atoms with Crippen molar-refractivity contribution in [3.05, 3.63) is 0 Å². The van der Waals surface area contributed by atoms with E-state index in [2.05, 4.69) is 5.32 Å². The maximum atomic E-state index is 11.8. The zero-order valence-electron chi connectivity index (χ0n) is 8.74. The van der Waals surface area contributed by atoms with Gasteiger partial charge >= 0.3 is 0 Å². The second-order valence-electron chi connectivity index (χ2n) is 3.71. The number of hydrogen-bond acceptors (Lipinski definition) is 4. The molecule has 2 amide bonds.